The minimum atomic E-state index is -0.720. The number of amides is 1. The van der Waals surface area contributed by atoms with Crippen LogP contribution in [-0.4, -0.2) is 30.2 Å². The molecule has 5 rings (SSSR count). The Labute approximate surface area is 204 Å². The fraction of sp³-hybridized carbons (Fsp3) is 0.250. The second-order valence-electron chi connectivity index (χ2n) is 8.31. The van der Waals surface area contributed by atoms with Gasteiger partial charge in [-0.25, -0.2) is 4.98 Å². The van der Waals surface area contributed by atoms with Crippen molar-refractivity contribution < 1.29 is 9.72 Å². The number of thioether (sulfide) groups is 1. The Kier molecular flexibility index (Phi) is 6.08. The lowest BCUT2D eigenvalue weighted by atomic mass is 10.1. The molecule has 178 valence electrons. The molecule has 0 fully saturated rings. The van der Waals surface area contributed by atoms with Crippen LogP contribution in [0.15, 0.2) is 58.5 Å². The molecule has 3 heterocycles. The number of aromatic nitrogens is 4. The fourth-order valence-electron chi connectivity index (χ4n) is 4.36. The summed E-state index contributed by atoms with van der Waals surface area (Å²) in [5, 5.41) is 16.8. The van der Waals surface area contributed by atoms with Crippen LogP contribution in [0, 0.1) is 10.1 Å². The lowest BCUT2D eigenvalue weighted by molar-refractivity contribution is -0.385. The summed E-state index contributed by atoms with van der Waals surface area (Å²) in [6, 6.07) is 13.5. The molecule has 0 aromatic heterocycles. The minimum absolute atomic E-state index is 0.0858. The zero-order valence-corrected chi connectivity index (χ0v) is 19.5. The van der Waals surface area contributed by atoms with Crippen molar-refractivity contribution in [3.05, 3.63) is 85.8 Å². The molecule has 0 atom stereocenters. The van der Waals surface area contributed by atoms with Gasteiger partial charge in [-0.1, -0.05) is 42.4 Å². The van der Waals surface area contributed by atoms with Gasteiger partial charge >= 0.3 is 0 Å². The molecule has 3 aliphatic rings. The van der Waals surface area contributed by atoms with Crippen LogP contribution < -0.4 is 11.3 Å². The summed E-state index contributed by atoms with van der Waals surface area (Å²) in [6.07, 6.45) is 3.68. The molecule has 0 saturated heterocycles. The molecule has 2 aromatic carbocycles. The SMILES string of the molecule is NC(=O)c1ccc(CSc2nc3nn(-c4ccccc4)c(=O)c-3c3n2CCCCC3)c([N+](=O)[O-])c1. The van der Waals surface area contributed by atoms with Crippen LogP contribution >= 0.6 is 11.8 Å². The first-order chi connectivity index (χ1) is 16.9. The van der Waals surface area contributed by atoms with E-state index in [0.717, 1.165) is 31.4 Å². The smallest absolute Gasteiger partial charge is 0.284 e. The van der Waals surface area contributed by atoms with Gasteiger partial charge < -0.3 is 10.3 Å². The van der Waals surface area contributed by atoms with Gasteiger partial charge in [0.05, 0.1) is 10.6 Å². The molecular formula is C24H22N6O4S. The minimum Gasteiger partial charge on any atom is -0.366 e. The van der Waals surface area contributed by atoms with Crippen molar-refractivity contribution in [2.45, 2.75) is 43.1 Å². The van der Waals surface area contributed by atoms with Crippen LogP contribution in [0.25, 0.3) is 17.1 Å². The monoisotopic (exact) mass is 490 g/mol. The third kappa shape index (κ3) is 4.30. The molecule has 35 heavy (non-hydrogen) atoms. The summed E-state index contributed by atoms with van der Waals surface area (Å²) in [5.41, 5.74) is 7.56. The molecule has 0 spiro atoms. The van der Waals surface area contributed by atoms with Gasteiger partial charge in [-0.15, -0.1) is 5.10 Å². The number of hydrogen-bond donors (Lipinski definition) is 1. The van der Waals surface area contributed by atoms with Gasteiger partial charge in [-0.05, 0) is 37.5 Å². The maximum atomic E-state index is 13.3. The number of para-hydroxylation sites is 1. The summed E-state index contributed by atoms with van der Waals surface area (Å²) in [6.45, 7) is 0.708. The summed E-state index contributed by atoms with van der Waals surface area (Å²) < 4.78 is 3.44. The summed E-state index contributed by atoms with van der Waals surface area (Å²) >= 11 is 1.35. The van der Waals surface area contributed by atoms with E-state index in [1.807, 2.05) is 30.3 Å². The molecule has 10 nitrogen and oxygen atoms in total. The molecule has 0 bridgehead atoms. The molecule has 0 unspecified atom stereocenters. The average molecular weight is 491 g/mol. The predicted molar refractivity (Wildman–Crippen MR) is 131 cm³/mol. The van der Waals surface area contributed by atoms with Crippen LogP contribution in [-0.2, 0) is 18.7 Å². The third-order valence-electron chi connectivity index (χ3n) is 6.09. The van der Waals surface area contributed by atoms with Gasteiger partial charge in [-0.2, -0.15) is 4.68 Å². The molecule has 1 amide bonds. The lowest BCUT2D eigenvalue weighted by Gasteiger charge is -2.17. The number of nitro benzene ring substituents is 1. The Bertz CT molecular complexity index is 1460. The van der Waals surface area contributed by atoms with E-state index in [2.05, 4.69) is 9.67 Å². The third-order valence-corrected chi connectivity index (χ3v) is 7.12. The van der Waals surface area contributed by atoms with E-state index >= 15 is 0 Å². The first-order valence-electron chi connectivity index (χ1n) is 11.2. The number of carbonyl (C=O) groups is 1. The highest BCUT2D eigenvalue weighted by Gasteiger charge is 2.27. The van der Waals surface area contributed by atoms with Crippen molar-refractivity contribution in [2.75, 3.05) is 0 Å². The zero-order chi connectivity index (χ0) is 24.5. The van der Waals surface area contributed by atoms with E-state index in [4.69, 9.17) is 10.7 Å². The van der Waals surface area contributed by atoms with Crippen LogP contribution in [0.2, 0.25) is 0 Å². The van der Waals surface area contributed by atoms with Crippen LogP contribution in [0.3, 0.4) is 0 Å². The Balaban J connectivity index is 1.58. The van der Waals surface area contributed by atoms with Crippen LogP contribution in [0.1, 0.15) is 40.9 Å². The molecule has 0 aliphatic carbocycles. The number of nitrogens with two attached hydrogens (primary N) is 1. The number of primary amides is 1. The summed E-state index contributed by atoms with van der Waals surface area (Å²) in [5.74, 6) is -0.0903. The fourth-order valence-corrected chi connectivity index (χ4v) is 5.40. The van der Waals surface area contributed by atoms with Gasteiger partial charge in [0.2, 0.25) is 5.91 Å². The van der Waals surface area contributed by atoms with Crippen molar-refractivity contribution in [1.29, 1.82) is 0 Å². The molecular weight excluding hydrogens is 468 g/mol. The maximum absolute atomic E-state index is 13.3. The number of nitro groups is 1. The maximum Gasteiger partial charge on any atom is 0.284 e. The van der Waals surface area contributed by atoms with Crippen molar-refractivity contribution in [1.82, 2.24) is 19.3 Å². The molecule has 0 saturated carbocycles. The summed E-state index contributed by atoms with van der Waals surface area (Å²) in [4.78, 5) is 40.6. The first-order valence-corrected chi connectivity index (χ1v) is 12.2. The van der Waals surface area contributed by atoms with E-state index in [-0.39, 0.29) is 22.6 Å². The van der Waals surface area contributed by atoms with Gasteiger partial charge in [0.1, 0.15) is 5.56 Å². The molecule has 2 N–H and O–H groups in total. The second kappa shape index (κ2) is 9.34. The molecule has 2 aromatic rings. The number of fused-ring (bicyclic) bond motifs is 3. The van der Waals surface area contributed by atoms with E-state index in [1.165, 1.54) is 28.6 Å². The molecule has 11 heteroatoms. The van der Waals surface area contributed by atoms with E-state index in [9.17, 15) is 19.7 Å². The number of benzene rings is 2. The van der Waals surface area contributed by atoms with Crippen LogP contribution in [0.5, 0.6) is 0 Å². The Hall–Kier alpha value is -3.99. The Morgan fingerprint density at radius 1 is 1.14 bits per heavy atom. The summed E-state index contributed by atoms with van der Waals surface area (Å²) in [7, 11) is 0. The first kappa shape index (κ1) is 22.8. The standard InChI is InChI=1S/C24H22N6O4S/c25-21(31)15-10-11-16(19(13-15)30(33)34)14-35-24-26-22-20(18-9-5-2-6-12-28(18)24)23(32)29(27-22)17-7-3-1-4-8-17/h1,3-4,7-8,10-11,13H,2,5-6,9,12,14H2,(H2,25,31). The van der Waals surface area contributed by atoms with E-state index in [1.54, 1.807) is 6.07 Å². The number of nitrogens with zero attached hydrogens (tertiary/aromatic N) is 5. The average Bonchev–Trinajstić information content (AvgIpc) is 3.02. The normalized spacial score (nSPS) is 13.4. The van der Waals surface area contributed by atoms with Crippen molar-refractivity contribution in [3.8, 4) is 17.1 Å². The van der Waals surface area contributed by atoms with E-state index in [0.29, 0.717) is 34.3 Å². The molecule has 0 radical (unpaired) electrons. The Morgan fingerprint density at radius 2 is 1.94 bits per heavy atom. The largest absolute Gasteiger partial charge is 0.366 e. The lowest BCUT2D eigenvalue weighted by Crippen LogP contribution is -2.19. The van der Waals surface area contributed by atoms with Gasteiger partial charge in [0.15, 0.2) is 11.0 Å². The highest BCUT2D eigenvalue weighted by atomic mass is 32.2. The Morgan fingerprint density at radius 3 is 2.69 bits per heavy atom. The highest BCUT2D eigenvalue weighted by molar-refractivity contribution is 7.98. The molecule has 3 aliphatic heterocycles. The van der Waals surface area contributed by atoms with Crippen molar-refractivity contribution >= 4 is 23.4 Å². The zero-order valence-electron chi connectivity index (χ0n) is 18.7. The topological polar surface area (TPSA) is 139 Å². The predicted octanol–water partition coefficient (Wildman–Crippen LogP) is 3.56. The van der Waals surface area contributed by atoms with Gasteiger partial charge in [0.25, 0.3) is 11.2 Å². The quantitative estimate of drug-likeness (QED) is 0.189. The second-order valence-corrected chi connectivity index (χ2v) is 9.25. The van der Waals surface area contributed by atoms with Gasteiger partial charge in [0, 0.05) is 35.2 Å². The van der Waals surface area contributed by atoms with Crippen LogP contribution in [0.4, 0.5) is 5.69 Å². The number of rotatable bonds is 6. The highest BCUT2D eigenvalue weighted by Crippen LogP contribution is 2.33. The van der Waals surface area contributed by atoms with Crippen molar-refractivity contribution in [2.24, 2.45) is 5.73 Å². The van der Waals surface area contributed by atoms with Gasteiger partial charge in [-0.3, -0.25) is 19.7 Å². The van der Waals surface area contributed by atoms with Crippen molar-refractivity contribution in [3.63, 3.8) is 0 Å². The number of carbonyl (C=O) groups excluding carboxylic acids is 1. The van der Waals surface area contributed by atoms with E-state index < -0.39 is 10.8 Å². The number of hydrogen-bond acceptors (Lipinski definition) is 7.